The monoisotopic (exact) mass is 358 g/mol. The molecule has 26 heavy (non-hydrogen) atoms. The van der Waals surface area contributed by atoms with Crippen LogP contribution in [0, 0.1) is 0 Å². The fourth-order valence-electron chi connectivity index (χ4n) is 2.52. The number of aromatic nitrogens is 3. The third-order valence-electron chi connectivity index (χ3n) is 3.69. The number of furan rings is 1. The highest BCUT2D eigenvalue weighted by molar-refractivity contribution is 5.85. The molecule has 2 heterocycles. The van der Waals surface area contributed by atoms with Crippen molar-refractivity contribution in [1.82, 2.24) is 20.3 Å². The summed E-state index contributed by atoms with van der Waals surface area (Å²) in [5.74, 6) is -0.300. The number of hydrogen-bond donors (Lipinski definition) is 2. The van der Waals surface area contributed by atoms with Gasteiger partial charge in [0, 0.05) is 5.39 Å². The van der Waals surface area contributed by atoms with Crippen LogP contribution in [0.5, 0.6) is 5.75 Å². The van der Waals surface area contributed by atoms with Gasteiger partial charge in [-0.25, -0.2) is 9.48 Å². The van der Waals surface area contributed by atoms with Crippen molar-refractivity contribution in [2.75, 3.05) is 6.61 Å². The van der Waals surface area contributed by atoms with Gasteiger partial charge in [0.1, 0.15) is 12.3 Å². The summed E-state index contributed by atoms with van der Waals surface area (Å²) >= 11 is 0. The molecule has 1 aromatic carbocycles. The zero-order valence-electron chi connectivity index (χ0n) is 14.3. The van der Waals surface area contributed by atoms with E-state index in [1.54, 1.807) is 6.92 Å². The smallest absolute Gasteiger partial charge is 0.358 e. The number of nitrogens with one attached hydrogen (secondary N) is 1. The number of ether oxygens (including phenoxy) is 1. The third kappa shape index (κ3) is 3.66. The van der Waals surface area contributed by atoms with Gasteiger partial charge in [0.15, 0.2) is 17.0 Å². The van der Waals surface area contributed by atoms with Crippen molar-refractivity contribution in [3.63, 3.8) is 0 Å². The van der Waals surface area contributed by atoms with Crippen LogP contribution in [0.1, 0.15) is 36.1 Å². The minimum absolute atomic E-state index is 0.144. The molecule has 0 aliphatic heterocycles. The van der Waals surface area contributed by atoms with Gasteiger partial charge >= 0.3 is 5.97 Å². The van der Waals surface area contributed by atoms with Gasteiger partial charge in [0.05, 0.1) is 18.8 Å². The van der Waals surface area contributed by atoms with E-state index in [0.717, 1.165) is 10.1 Å². The minimum Gasteiger partial charge on any atom is -0.490 e. The number of carbonyl (C=O) groups excluding carboxylic acids is 1. The number of hydrogen-bond acceptors (Lipinski definition) is 6. The average molecular weight is 358 g/mol. The van der Waals surface area contributed by atoms with E-state index in [2.05, 4.69) is 15.6 Å². The van der Waals surface area contributed by atoms with Crippen molar-refractivity contribution in [2.45, 2.75) is 26.4 Å². The molecule has 0 aliphatic rings. The first kappa shape index (κ1) is 17.5. The van der Waals surface area contributed by atoms with E-state index in [-0.39, 0.29) is 24.2 Å². The normalized spacial score (nSPS) is 12.1. The zero-order valence-corrected chi connectivity index (χ0v) is 14.3. The minimum atomic E-state index is -1.20. The second-order valence-electron chi connectivity index (χ2n) is 5.65. The Bertz CT molecular complexity index is 946. The number of rotatable bonds is 7. The Morgan fingerprint density at radius 3 is 2.92 bits per heavy atom. The van der Waals surface area contributed by atoms with Crippen molar-refractivity contribution < 1.29 is 23.8 Å². The molecule has 1 amide bonds. The number of aromatic carboxylic acids is 1. The van der Waals surface area contributed by atoms with Crippen LogP contribution >= 0.6 is 0 Å². The van der Waals surface area contributed by atoms with Crippen LogP contribution in [-0.4, -0.2) is 38.6 Å². The van der Waals surface area contributed by atoms with Crippen molar-refractivity contribution in [1.29, 1.82) is 0 Å². The number of nitrogens with zero attached hydrogens (tertiary/aromatic N) is 3. The Balaban J connectivity index is 1.69. The van der Waals surface area contributed by atoms with Crippen molar-refractivity contribution in [2.24, 2.45) is 0 Å². The van der Waals surface area contributed by atoms with Gasteiger partial charge < -0.3 is 19.6 Å². The highest BCUT2D eigenvalue weighted by Gasteiger charge is 2.17. The fraction of sp³-hybridized carbons (Fsp3) is 0.294. The molecule has 0 saturated heterocycles. The molecule has 9 nitrogen and oxygen atoms in total. The SMILES string of the molecule is CCOc1cccc2cc(C(C)NC(=O)Cn3cc(C(=O)O)nn3)oc12. The average Bonchev–Trinajstić information content (AvgIpc) is 3.22. The molecular weight excluding hydrogens is 340 g/mol. The van der Waals surface area contributed by atoms with Gasteiger partial charge in [-0.2, -0.15) is 0 Å². The van der Waals surface area contributed by atoms with E-state index in [0.29, 0.717) is 23.7 Å². The van der Waals surface area contributed by atoms with Crippen LogP contribution in [0.15, 0.2) is 34.9 Å². The predicted octanol–water partition coefficient (Wildman–Crippen LogP) is 2.00. The number of carboxylic acid groups (broad SMARTS) is 1. The topological polar surface area (TPSA) is 119 Å². The Kier molecular flexibility index (Phi) is 4.87. The van der Waals surface area contributed by atoms with Crippen LogP contribution in [0.25, 0.3) is 11.0 Å². The van der Waals surface area contributed by atoms with Gasteiger partial charge in [0.25, 0.3) is 0 Å². The molecule has 0 aliphatic carbocycles. The van der Waals surface area contributed by atoms with E-state index >= 15 is 0 Å². The zero-order chi connectivity index (χ0) is 18.7. The Labute approximate surface area is 148 Å². The molecule has 0 fully saturated rings. The Hall–Kier alpha value is -3.36. The summed E-state index contributed by atoms with van der Waals surface area (Å²) in [5, 5.41) is 19.6. The lowest BCUT2D eigenvalue weighted by atomic mass is 10.2. The Morgan fingerprint density at radius 2 is 2.23 bits per heavy atom. The second kappa shape index (κ2) is 7.26. The Morgan fingerprint density at radius 1 is 1.42 bits per heavy atom. The maximum absolute atomic E-state index is 12.1. The van der Waals surface area contributed by atoms with E-state index in [4.69, 9.17) is 14.3 Å². The standard InChI is InChI=1S/C17H18N4O5/c1-3-25-13-6-4-5-11-7-14(26-16(11)13)10(2)18-15(22)9-21-8-12(17(23)24)19-20-21/h4-8,10H,3,9H2,1-2H3,(H,18,22)(H,23,24). The molecule has 1 unspecified atom stereocenters. The molecule has 3 aromatic rings. The quantitative estimate of drug-likeness (QED) is 0.663. The summed E-state index contributed by atoms with van der Waals surface area (Å²) < 4.78 is 12.6. The maximum atomic E-state index is 12.1. The molecular formula is C17H18N4O5. The van der Waals surface area contributed by atoms with Crippen LogP contribution in [0.3, 0.4) is 0 Å². The highest BCUT2D eigenvalue weighted by atomic mass is 16.5. The number of carbonyl (C=O) groups is 2. The molecule has 136 valence electrons. The summed E-state index contributed by atoms with van der Waals surface area (Å²) in [6.45, 7) is 4.07. The van der Waals surface area contributed by atoms with Gasteiger partial charge in [-0.3, -0.25) is 4.79 Å². The summed E-state index contributed by atoms with van der Waals surface area (Å²) in [6, 6.07) is 7.07. The second-order valence-corrected chi connectivity index (χ2v) is 5.65. The molecule has 0 saturated carbocycles. The first-order valence-corrected chi connectivity index (χ1v) is 8.06. The van der Waals surface area contributed by atoms with Gasteiger partial charge in [-0.1, -0.05) is 17.3 Å². The summed E-state index contributed by atoms with van der Waals surface area (Å²) in [5.41, 5.74) is 0.416. The lowest BCUT2D eigenvalue weighted by Crippen LogP contribution is -2.30. The first-order valence-electron chi connectivity index (χ1n) is 8.06. The lowest BCUT2D eigenvalue weighted by Gasteiger charge is -2.11. The number of amides is 1. The number of para-hydroxylation sites is 1. The fourth-order valence-corrected chi connectivity index (χ4v) is 2.52. The van der Waals surface area contributed by atoms with E-state index in [1.165, 1.54) is 6.20 Å². The van der Waals surface area contributed by atoms with E-state index < -0.39 is 5.97 Å². The summed E-state index contributed by atoms with van der Waals surface area (Å²) in [7, 11) is 0. The van der Waals surface area contributed by atoms with E-state index in [1.807, 2.05) is 31.2 Å². The third-order valence-corrected chi connectivity index (χ3v) is 3.69. The molecule has 3 rings (SSSR count). The summed E-state index contributed by atoms with van der Waals surface area (Å²) in [4.78, 5) is 22.9. The molecule has 2 aromatic heterocycles. The summed E-state index contributed by atoms with van der Waals surface area (Å²) in [6.07, 6.45) is 1.20. The first-order chi connectivity index (χ1) is 12.5. The number of carboxylic acids is 1. The van der Waals surface area contributed by atoms with Gasteiger partial charge in [-0.05, 0) is 26.0 Å². The predicted molar refractivity (Wildman–Crippen MR) is 90.9 cm³/mol. The van der Waals surface area contributed by atoms with Gasteiger partial charge in [0.2, 0.25) is 5.91 Å². The lowest BCUT2D eigenvalue weighted by molar-refractivity contribution is -0.122. The van der Waals surface area contributed by atoms with Crippen molar-refractivity contribution in [3.05, 3.63) is 41.9 Å². The molecule has 0 bridgehead atoms. The molecule has 9 heteroatoms. The van der Waals surface area contributed by atoms with Crippen molar-refractivity contribution >= 4 is 22.8 Å². The highest BCUT2D eigenvalue weighted by Crippen LogP contribution is 2.31. The van der Waals surface area contributed by atoms with Crippen LogP contribution in [0.2, 0.25) is 0 Å². The number of fused-ring (bicyclic) bond motifs is 1. The van der Waals surface area contributed by atoms with Crippen LogP contribution in [-0.2, 0) is 11.3 Å². The number of benzene rings is 1. The maximum Gasteiger partial charge on any atom is 0.358 e. The molecule has 2 N–H and O–H groups in total. The largest absolute Gasteiger partial charge is 0.490 e. The molecule has 0 radical (unpaired) electrons. The van der Waals surface area contributed by atoms with E-state index in [9.17, 15) is 9.59 Å². The molecule has 1 atom stereocenters. The van der Waals surface area contributed by atoms with Gasteiger partial charge in [-0.15, -0.1) is 5.10 Å². The van der Waals surface area contributed by atoms with Crippen molar-refractivity contribution in [3.8, 4) is 5.75 Å². The van der Waals surface area contributed by atoms with Crippen LogP contribution in [0.4, 0.5) is 0 Å². The molecule has 0 spiro atoms. The van der Waals surface area contributed by atoms with Crippen LogP contribution < -0.4 is 10.1 Å².